The lowest BCUT2D eigenvalue weighted by Crippen LogP contribution is -2.44. The molecule has 26 heavy (non-hydrogen) atoms. The van der Waals surface area contributed by atoms with E-state index in [2.05, 4.69) is 32.9 Å². The number of benzene rings is 1. The molecule has 0 spiro atoms. The number of carbonyl (C=O) groups excluding carboxylic acids is 2. The highest BCUT2D eigenvalue weighted by atomic mass is 127. The van der Waals surface area contributed by atoms with Crippen LogP contribution in [0.5, 0.6) is 0 Å². The number of hydrogen-bond donors (Lipinski definition) is 1. The Morgan fingerprint density at radius 3 is 2.85 bits per heavy atom. The second kappa shape index (κ2) is 8.35. The molecule has 1 aliphatic heterocycles. The summed E-state index contributed by atoms with van der Waals surface area (Å²) in [5.41, 5.74) is 1.78. The van der Waals surface area contributed by atoms with Crippen molar-refractivity contribution in [1.29, 1.82) is 0 Å². The van der Waals surface area contributed by atoms with E-state index in [1.54, 1.807) is 17.0 Å². The molecule has 5 nitrogen and oxygen atoms in total. The van der Waals surface area contributed by atoms with Crippen molar-refractivity contribution in [2.45, 2.75) is 19.8 Å². The van der Waals surface area contributed by atoms with Crippen LogP contribution in [0, 0.1) is 16.4 Å². The van der Waals surface area contributed by atoms with Crippen molar-refractivity contribution in [2.24, 2.45) is 5.92 Å². The molecule has 2 heterocycles. The van der Waals surface area contributed by atoms with Crippen molar-refractivity contribution in [2.75, 3.05) is 18.4 Å². The molecule has 2 amide bonds. The number of likely N-dealkylation sites (tertiary alicyclic amines) is 1. The molecular formula is C19H19ClIN3O2. The molecule has 0 saturated carbocycles. The van der Waals surface area contributed by atoms with Crippen LogP contribution >= 0.6 is 34.2 Å². The third-order valence-corrected chi connectivity index (χ3v) is 6.14. The number of aryl methyl sites for hydroxylation is 1. The van der Waals surface area contributed by atoms with Gasteiger partial charge in [0.15, 0.2) is 0 Å². The monoisotopic (exact) mass is 483 g/mol. The first-order valence-corrected chi connectivity index (χ1v) is 9.88. The highest BCUT2D eigenvalue weighted by Crippen LogP contribution is 2.23. The predicted octanol–water partition coefficient (Wildman–Crippen LogP) is 4.14. The second-order valence-electron chi connectivity index (χ2n) is 6.38. The Kier molecular flexibility index (Phi) is 6.13. The van der Waals surface area contributed by atoms with Gasteiger partial charge in [0.2, 0.25) is 5.91 Å². The summed E-state index contributed by atoms with van der Waals surface area (Å²) < 4.78 is 0.965. The molecule has 1 saturated heterocycles. The Hall–Kier alpha value is -1.67. The molecule has 136 valence electrons. The number of carbonyl (C=O) groups is 2. The van der Waals surface area contributed by atoms with Crippen LogP contribution in [0.4, 0.5) is 5.82 Å². The van der Waals surface area contributed by atoms with Crippen molar-refractivity contribution in [3.63, 3.8) is 0 Å². The molecule has 1 unspecified atom stereocenters. The number of hydrogen-bond acceptors (Lipinski definition) is 3. The van der Waals surface area contributed by atoms with Crippen LogP contribution in [0.2, 0.25) is 5.02 Å². The lowest BCUT2D eigenvalue weighted by atomic mass is 9.96. The Morgan fingerprint density at radius 1 is 1.31 bits per heavy atom. The van der Waals surface area contributed by atoms with Gasteiger partial charge in [-0.1, -0.05) is 23.7 Å². The number of nitrogens with zero attached hydrogens (tertiary/aromatic N) is 2. The van der Waals surface area contributed by atoms with Crippen molar-refractivity contribution < 1.29 is 9.59 Å². The van der Waals surface area contributed by atoms with E-state index in [0.29, 0.717) is 29.5 Å². The molecular weight excluding hydrogens is 465 g/mol. The zero-order valence-electron chi connectivity index (χ0n) is 14.3. The van der Waals surface area contributed by atoms with Crippen LogP contribution in [0.1, 0.15) is 28.8 Å². The molecule has 3 rings (SSSR count). The minimum Gasteiger partial charge on any atom is -0.338 e. The smallest absolute Gasteiger partial charge is 0.254 e. The maximum absolute atomic E-state index is 12.9. The first-order valence-electron chi connectivity index (χ1n) is 8.42. The number of halogens is 2. The Labute approximate surface area is 171 Å². The summed E-state index contributed by atoms with van der Waals surface area (Å²) in [6.45, 7) is 3.08. The molecule has 0 radical (unpaired) electrons. The summed E-state index contributed by atoms with van der Waals surface area (Å²) in [4.78, 5) is 31.3. The van der Waals surface area contributed by atoms with Crippen molar-refractivity contribution in [3.8, 4) is 0 Å². The van der Waals surface area contributed by atoms with E-state index >= 15 is 0 Å². The lowest BCUT2D eigenvalue weighted by molar-refractivity contribution is -0.121. The van der Waals surface area contributed by atoms with Gasteiger partial charge in [0, 0.05) is 22.9 Å². The molecule has 0 aliphatic carbocycles. The van der Waals surface area contributed by atoms with Gasteiger partial charge in [-0.05, 0) is 66.1 Å². The van der Waals surface area contributed by atoms with Gasteiger partial charge in [-0.25, -0.2) is 4.98 Å². The summed E-state index contributed by atoms with van der Waals surface area (Å²) in [6.07, 6.45) is 3.06. The van der Waals surface area contributed by atoms with Crippen LogP contribution in [0.3, 0.4) is 0 Å². The normalized spacial score (nSPS) is 17.0. The van der Waals surface area contributed by atoms with Crippen LogP contribution < -0.4 is 5.32 Å². The van der Waals surface area contributed by atoms with E-state index in [4.69, 9.17) is 11.6 Å². The molecule has 0 bridgehead atoms. The largest absolute Gasteiger partial charge is 0.338 e. The number of nitrogens with one attached hydrogen (secondary N) is 1. The lowest BCUT2D eigenvalue weighted by Gasteiger charge is -2.32. The topological polar surface area (TPSA) is 62.3 Å². The standard InChI is InChI=1S/C19H19ClIN3O2/c1-12-4-2-6-15(17(12)21)19(26)24-9-3-5-13(11-24)18(25)23-16-8-7-14(20)10-22-16/h2,4,6-8,10,13H,3,5,9,11H2,1H3,(H,22,23,25). The highest BCUT2D eigenvalue weighted by Gasteiger charge is 2.30. The van der Waals surface area contributed by atoms with E-state index in [9.17, 15) is 9.59 Å². The van der Waals surface area contributed by atoms with E-state index in [0.717, 1.165) is 22.0 Å². The average Bonchev–Trinajstić information content (AvgIpc) is 2.65. The SMILES string of the molecule is Cc1cccc(C(=O)N2CCCC(C(=O)Nc3ccc(Cl)cn3)C2)c1I. The number of pyridine rings is 1. The maximum Gasteiger partial charge on any atom is 0.254 e. The van der Waals surface area contributed by atoms with Crippen LogP contribution in [0.25, 0.3) is 0 Å². The van der Waals surface area contributed by atoms with E-state index < -0.39 is 0 Å². The van der Waals surface area contributed by atoms with E-state index in [1.165, 1.54) is 6.20 Å². The predicted molar refractivity (Wildman–Crippen MR) is 110 cm³/mol. The fraction of sp³-hybridized carbons (Fsp3) is 0.316. The molecule has 7 heteroatoms. The van der Waals surface area contributed by atoms with Crippen molar-refractivity contribution in [1.82, 2.24) is 9.88 Å². The third-order valence-electron chi connectivity index (χ3n) is 4.48. The number of anilines is 1. The minimum absolute atomic E-state index is 0.0137. The van der Waals surface area contributed by atoms with Gasteiger partial charge in [0.05, 0.1) is 16.5 Å². The first-order chi connectivity index (χ1) is 12.5. The first kappa shape index (κ1) is 19.1. The fourth-order valence-electron chi connectivity index (χ4n) is 3.04. The number of aromatic nitrogens is 1. The fourth-order valence-corrected chi connectivity index (χ4v) is 3.74. The summed E-state index contributed by atoms with van der Waals surface area (Å²) in [7, 11) is 0. The minimum atomic E-state index is -0.243. The van der Waals surface area contributed by atoms with Gasteiger partial charge in [0.25, 0.3) is 5.91 Å². The third kappa shape index (κ3) is 4.35. The highest BCUT2D eigenvalue weighted by molar-refractivity contribution is 14.1. The summed E-state index contributed by atoms with van der Waals surface area (Å²) in [5, 5.41) is 3.33. The van der Waals surface area contributed by atoms with Crippen molar-refractivity contribution in [3.05, 3.63) is 56.2 Å². The molecule has 1 atom stereocenters. The van der Waals surface area contributed by atoms with Crippen LogP contribution in [0.15, 0.2) is 36.5 Å². The van der Waals surface area contributed by atoms with Gasteiger partial charge in [0.1, 0.15) is 5.82 Å². The van der Waals surface area contributed by atoms with E-state index in [1.807, 2.05) is 25.1 Å². The Bertz CT molecular complexity index is 826. The van der Waals surface area contributed by atoms with E-state index in [-0.39, 0.29) is 17.7 Å². The molecule has 1 aromatic heterocycles. The van der Waals surface area contributed by atoms with Gasteiger partial charge in [-0.2, -0.15) is 0 Å². The maximum atomic E-state index is 12.9. The zero-order valence-corrected chi connectivity index (χ0v) is 17.3. The van der Waals surface area contributed by atoms with Gasteiger partial charge < -0.3 is 10.2 Å². The molecule has 1 fully saturated rings. The van der Waals surface area contributed by atoms with Crippen LogP contribution in [-0.2, 0) is 4.79 Å². The summed E-state index contributed by atoms with van der Waals surface area (Å²) in [6, 6.07) is 9.08. The summed E-state index contributed by atoms with van der Waals surface area (Å²) >= 11 is 8.02. The zero-order chi connectivity index (χ0) is 18.7. The van der Waals surface area contributed by atoms with Gasteiger partial charge in [-0.15, -0.1) is 0 Å². The van der Waals surface area contributed by atoms with Gasteiger partial charge in [-0.3, -0.25) is 9.59 Å². The molecule has 1 N–H and O–H groups in total. The van der Waals surface area contributed by atoms with Gasteiger partial charge >= 0.3 is 0 Å². The number of rotatable bonds is 3. The molecule has 1 aliphatic rings. The average molecular weight is 484 g/mol. The second-order valence-corrected chi connectivity index (χ2v) is 7.89. The Balaban J connectivity index is 1.68. The number of piperidine rings is 1. The summed E-state index contributed by atoms with van der Waals surface area (Å²) in [5.74, 6) is 0.0974. The number of amides is 2. The molecule has 2 aromatic rings. The van der Waals surface area contributed by atoms with Crippen LogP contribution in [-0.4, -0.2) is 34.8 Å². The van der Waals surface area contributed by atoms with Crippen molar-refractivity contribution >= 4 is 51.8 Å². The Morgan fingerprint density at radius 2 is 2.12 bits per heavy atom. The molecule has 1 aromatic carbocycles. The quantitative estimate of drug-likeness (QED) is 0.668.